The fraction of sp³-hybridized carbons (Fsp3) is 0.100. The third-order valence-electron chi connectivity index (χ3n) is 4.42. The van der Waals surface area contributed by atoms with E-state index < -0.39 is 0 Å². The van der Waals surface area contributed by atoms with Gasteiger partial charge < -0.3 is 11.2 Å². The van der Waals surface area contributed by atoms with Crippen LogP contribution in [0.4, 0.5) is 5.69 Å². The number of benzene rings is 2. The fourth-order valence-corrected chi connectivity index (χ4v) is 3.86. The number of carbonyl (C=O) groups excluding carboxylic acids is 1. The number of anilines is 1. The van der Waals surface area contributed by atoms with Crippen molar-refractivity contribution in [1.82, 2.24) is 25.1 Å². The molecule has 0 saturated carbocycles. The third kappa shape index (κ3) is 4.84. The Kier molecular flexibility index (Phi) is 6.17. The number of hydrogen-bond acceptors (Lipinski definition) is 6. The van der Waals surface area contributed by atoms with Crippen LogP contribution in [0.15, 0.2) is 53.7 Å². The number of hydrogen-bond donors (Lipinski definition) is 3. The highest BCUT2D eigenvalue weighted by Gasteiger charge is 2.16. The maximum atomic E-state index is 12.3. The minimum atomic E-state index is -0.188. The zero-order valence-corrected chi connectivity index (χ0v) is 18.6. The Morgan fingerprint density at radius 2 is 1.87 bits per heavy atom. The molecule has 0 bridgehead atoms. The zero-order valence-electron chi connectivity index (χ0n) is 16.3. The number of carbonyl (C=O) groups is 1. The summed E-state index contributed by atoms with van der Waals surface area (Å²) in [5.74, 6) is 6.48. The van der Waals surface area contributed by atoms with Crippen molar-refractivity contribution in [3.8, 4) is 22.8 Å². The van der Waals surface area contributed by atoms with Gasteiger partial charge in [-0.05, 0) is 48.9 Å². The lowest BCUT2D eigenvalue weighted by molar-refractivity contribution is -0.113. The van der Waals surface area contributed by atoms with E-state index >= 15 is 0 Å². The maximum absolute atomic E-state index is 12.3. The number of nitrogens with zero attached hydrogens (tertiary/aromatic N) is 4. The molecule has 4 aromatic rings. The molecule has 0 saturated heterocycles. The molecule has 1 amide bonds. The number of amides is 1. The first-order valence-corrected chi connectivity index (χ1v) is 10.9. The summed E-state index contributed by atoms with van der Waals surface area (Å²) in [5.41, 5.74) is 3.82. The van der Waals surface area contributed by atoms with E-state index in [4.69, 9.17) is 29.0 Å². The molecule has 8 nitrogen and oxygen atoms in total. The number of aromatic amines is 1. The van der Waals surface area contributed by atoms with Gasteiger partial charge in [-0.25, -0.2) is 4.68 Å². The number of thioether (sulfide) groups is 1. The number of halogens is 2. The van der Waals surface area contributed by atoms with Crippen LogP contribution in [0.3, 0.4) is 0 Å². The van der Waals surface area contributed by atoms with E-state index in [1.807, 2.05) is 25.1 Å². The predicted molar refractivity (Wildman–Crippen MR) is 124 cm³/mol. The molecule has 0 aliphatic rings. The van der Waals surface area contributed by atoms with Crippen LogP contribution < -0.4 is 11.2 Å². The first kappa shape index (κ1) is 21.2. The summed E-state index contributed by atoms with van der Waals surface area (Å²) in [6, 6.07) is 14.4. The number of aryl methyl sites for hydroxylation is 1. The average molecular weight is 474 g/mol. The Labute approximate surface area is 192 Å². The molecule has 11 heteroatoms. The van der Waals surface area contributed by atoms with Crippen LogP contribution in [0.1, 0.15) is 5.56 Å². The van der Waals surface area contributed by atoms with E-state index in [0.29, 0.717) is 32.4 Å². The highest BCUT2D eigenvalue weighted by Crippen LogP contribution is 2.26. The standard InChI is InChI=1S/C20H17Cl2N7OS/c1-11-8-14(22)6-7-15(11)24-18(30)10-31-20-28-27-19(29(20)23)17-9-16(25-26-17)12-2-4-13(21)5-3-12/h2-9H,10,23H2,1H3,(H,24,30)(H,25,26). The Morgan fingerprint density at radius 3 is 2.61 bits per heavy atom. The molecule has 158 valence electrons. The normalized spacial score (nSPS) is 10.9. The Morgan fingerprint density at radius 1 is 1.13 bits per heavy atom. The van der Waals surface area contributed by atoms with Crippen molar-refractivity contribution < 1.29 is 4.79 Å². The van der Waals surface area contributed by atoms with E-state index in [1.165, 1.54) is 16.4 Å². The highest BCUT2D eigenvalue weighted by atomic mass is 35.5. The molecule has 0 spiro atoms. The molecule has 0 aliphatic heterocycles. The van der Waals surface area contributed by atoms with Crippen molar-refractivity contribution in [2.24, 2.45) is 0 Å². The highest BCUT2D eigenvalue weighted by molar-refractivity contribution is 7.99. The van der Waals surface area contributed by atoms with E-state index in [2.05, 4.69) is 25.7 Å². The van der Waals surface area contributed by atoms with Crippen molar-refractivity contribution in [3.63, 3.8) is 0 Å². The molecular weight excluding hydrogens is 457 g/mol. The molecule has 0 radical (unpaired) electrons. The largest absolute Gasteiger partial charge is 0.335 e. The summed E-state index contributed by atoms with van der Waals surface area (Å²) in [6.45, 7) is 1.88. The molecule has 0 aliphatic carbocycles. The molecule has 2 aromatic carbocycles. The summed E-state index contributed by atoms with van der Waals surface area (Å²) in [6.07, 6.45) is 0. The predicted octanol–water partition coefficient (Wildman–Crippen LogP) is 4.40. The Bertz CT molecular complexity index is 1240. The van der Waals surface area contributed by atoms with Crippen LogP contribution in [-0.2, 0) is 4.79 Å². The molecule has 0 fully saturated rings. The zero-order chi connectivity index (χ0) is 22.0. The van der Waals surface area contributed by atoms with Gasteiger partial charge in [0.15, 0.2) is 0 Å². The topological polar surface area (TPSA) is 115 Å². The number of nitrogens with two attached hydrogens (primary N) is 1. The molecule has 2 aromatic heterocycles. The van der Waals surface area contributed by atoms with Crippen LogP contribution in [0, 0.1) is 6.92 Å². The molecule has 31 heavy (non-hydrogen) atoms. The molecule has 0 atom stereocenters. The van der Waals surface area contributed by atoms with Gasteiger partial charge in [0, 0.05) is 21.3 Å². The first-order chi connectivity index (χ1) is 14.9. The number of H-pyrrole nitrogens is 1. The lowest BCUT2D eigenvalue weighted by atomic mass is 10.1. The second-order valence-electron chi connectivity index (χ2n) is 6.65. The molecule has 4 N–H and O–H groups in total. The van der Waals surface area contributed by atoms with Crippen LogP contribution >= 0.6 is 35.0 Å². The monoisotopic (exact) mass is 473 g/mol. The molecular formula is C20H17Cl2N7OS. The minimum absolute atomic E-state index is 0.121. The SMILES string of the molecule is Cc1cc(Cl)ccc1NC(=O)CSc1nnc(-c2cc(-c3ccc(Cl)cc3)n[nH]2)n1N. The number of nitrogens with one attached hydrogen (secondary N) is 2. The van der Waals surface area contributed by atoms with Crippen LogP contribution in [0.25, 0.3) is 22.8 Å². The van der Waals surface area contributed by atoms with Crippen molar-refractivity contribution in [1.29, 1.82) is 0 Å². The van der Waals surface area contributed by atoms with E-state index in [0.717, 1.165) is 16.8 Å². The van der Waals surface area contributed by atoms with Gasteiger partial charge in [-0.2, -0.15) is 5.10 Å². The second kappa shape index (κ2) is 9.01. The molecule has 4 rings (SSSR count). The van der Waals surface area contributed by atoms with Crippen molar-refractivity contribution in [2.75, 3.05) is 16.9 Å². The lowest BCUT2D eigenvalue weighted by Gasteiger charge is -2.08. The van der Waals surface area contributed by atoms with Crippen molar-refractivity contribution in [3.05, 3.63) is 64.1 Å². The van der Waals surface area contributed by atoms with Crippen molar-refractivity contribution in [2.45, 2.75) is 12.1 Å². The van der Waals surface area contributed by atoms with E-state index in [-0.39, 0.29) is 11.7 Å². The number of nitrogen functional groups attached to an aromatic ring is 1. The van der Waals surface area contributed by atoms with Gasteiger partial charge >= 0.3 is 0 Å². The summed E-state index contributed by atoms with van der Waals surface area (Å²) in [5, 5.41) is 19.9. The van der Waals surface area contributed by atoms with Gasteiger partial charge in [0.1, 0.15) is 5.69 Å². The Hall–Kier alpha value is -3.01. The van der Waals surface area contributed by atoms with Gasteiger partial charge in [0.05, 0.1) is 11.4 Å². The average Bonchev–Trinajstić information content (AvgIpc) is 3.36. The molecule has 0 unspecified atom stereocenters. The van der Waals surface area contributed by atoms with Gasteiger partial charge in [-0.3, -0.25) is 9.89 Å². The van der Waals surface area contributed by atoms with Crippen molar-refractivity contribution >= 4 is 46.6 Å². The van der Waals surface area contributed by atoms with Gasteiger partial charge in [0.25, 0.3) is 0 Å². The van der Waals surface area contributed by atoms with E-state index in [9.17, 15) is 4.79 Å². The van der Waals surface area contributed by atoms with Gasteiger partial charge in [0.2, 0.25) is 16.9 Å². The third-order valence-corrected chi connectivity index (χ3v) is 5.85. The Balaban J connectivity index is 1.42. The van der Waals surface area contributed by atoms with Crippen LogP contribution in [-0.4, -0.2) is 36.7 Å². The van der Waals surface area contributed by atoms with Gasteiger partial charge in [-0.1, -0.05) is 47.1 Å². The number of rotatable bonds is 6. The fourth-order valence-electron chi connectivity index (χ4n) is 2.85. The summed E-state index contributed by atoms with van der Waals surface area (Å²) < 4.78 is 1.32. The van der Waals surface area contributed by atoms with Gasteiger partial charge in [-0.15, -0.1) is 10.2 Å². The lowest BCUT2D eigenvalue weighted by Crippen LogP contribution is -2.17. The quantitative estimate of drug-likeness (QED) is 0.282. The van der Waals surface area contributed by atoms with E-state index in [1.54, 1.807) is 30.3 Å². The first-order valence-electron chi connectivity index (χ1n) is 9.12. The smallest absolute Gasteiger partial charge is 0.234 e. The van der Waals surface area contributed by atoms with Crippen LogP contribution in [0.2, 0.25) is 10.0 Å². The summed E-state index contributed by atoms with van der Waals surface area (Å²) in [7, 11) is 0. The maximum Gasteiger partial charge on any atom is 0.234 e. The molecule has 2 heterocycles. The van der Waals surface area contributed by atoms with Crippen LogP contribution in [0.5, 0.6) is 0 Å². The summed E-state index contributed by atoms with van der Waals surface area (Å²) >= 11 is 13.1. The second-order valence-corrected chi connectivity index (χ2v) is 8.46. The number of aromatic nitrogens is 5. The summed E-state index contributed by atoms with van der Waals surface area (Å²) in [4.78, 5) is 12.3. The minimum Gasteiger partial charge on any atom is -0.335 e.